The highest BCUT2D eigenvalue weighted by Crippen LogP contribution is 2.22. The van der Waals surface area contributed by atoms with Crippen LogP contribution in [0.4, 0.5) is 0 Å². The van der Waals surface area contributed by atoms with E-state index in [-0.39, 0.29) is 23.9 Å². The van der Waals surface area contributed by atoms with Crippen LogP contribution in [0, 0.1) is 0 Å². The quantitative estimate of drug-likeness (QED) is 0.794. The predicted molar refractivity (Wildman–Crippen MR) is 106 cm³/mol. The fourth-order valence-electron chi connectivity index (χ4n) is 3.96. The number of rotatable bonds is 5. The second-order valence-corrected chi connectivity index (χ2v) is 8.20. The summed E-state index contributed by atoms with van der Waals surface area (Å²) in [7, 11) is 0. The van der Waals surface area contributed by atoms with Crippen molar-refractivity contribution >= 4 is 27.7 Å². The first-order valence-corrected chi connectivity index (χ1v) is 10.5. The molecule has 2 aliphatic heterocycles. The molecule has 142 valence electrons. The molecule has 1 N–H and O–H groups in total. The Morgan fingerprint density at radius 1 is 1.12 bits per heavy atom. The Balaban J connectivity index is 1.56. The number of nitrogens with zero attached hydrogens (tertiary/aromatic N) is 2. The van der Waals surface area contributed by atoms with Crippen molar-refractivity contribution in [3.63, 3.8) is 0 Å². The highest BCUT2D eigenvalue weighted by Gasteiger charge is 2.35. The Hall–Kier alpha value is -1.40. The second-order valence-electron chi connectivity index (χ2n) is 7.29. The first kappa shape index (κ1) is 19.4. The van der Waals surface area contributed by atoms with Crippen LogP contribution in [-0.4, -0.2) is 59.9 Å². The molecule has 5 nitrogen and oxygen atoms in total. The van der Waals surface area contributed by atoms with Crippen LogP contribution in [0.5, 0.6) is 0 Å². The van der Waals surface area contributed by atoms with Gasteiger partial charge < -0.3 is 15.1 Å². The van der Waals surface area contributed by atoms with Crippen molar-refractivity contribution in [2.75, 3.05) is 26.2 Å². The lowest BCUT2D eigenvalue weighted by Gasteiger charge is -2.33. The third-order valence-corrected chi connectivity index (χ3v) is 5.91. The molecule has 3 rings (SSSR count). The highest BCUT2D eigenvalue weighted by atomic mass is 79.9. The van der Waals surface area contributed by atoms with Crippen molar-refractivity contribution < 1.29 is 9.59 Å². The van der Waals surface area contributed by atoms with Crippen LogP contribution in [0.2, 0.25) is 0 Å². The number of benzene rings is 1. The van der Waals surface area contributed by atoms with Crippen molar-refractivity contribution in [1.82, 2.24) is 15.1 Å². The number of hydrogen-bond acceptors (Lipinski definition) is 3. The van der Waals surface area contributed by atoms with Gasteiger partial charge in [0.2, 0.25) is 5.91 Å². The molecule has 1 aromatic carbocycles. The third-order valence-electron chi connectivity index (χ3n) is 5.38. The first-order valence-electron chi connectivity index (χ1n) is 9.67. The van der Waals surface area contributed by atoms with Gasteiger partial charge in [-0.15, -0.1) is 0 Å². The van der Waals surface area contributed by atoms with Crippen molar-refractivity contribution in [2.45, 2.75) is 51.1 Å². The van der Waals surface area contributed by atoms with Crippen LogP contribution >= 0.6 is 15.9 Å². The van der Waals surface area contributed by atoms with Gasteiger partial charge in [0.05, 0.1) is 0 Å². The maximum atomic E-state index is 12.8. The molecular weight excluding hydrogens is 394 g/mol. The Bertz CT molecular complexity index is 626. The molecule has 0 saturated carbocycles. The normalized spacial score (nSPS) is 21.8. The number of nitrogens with one attached hydrogen (secondary N) is 1. The van der Waals surface area contributed by atoms with Crippen LogP contribution in [0.1, 0.15) is 49.4 Å². The number of carbonyl (C=O) groups is 2. The van der Waals surface area contributed by atoms with Crippen molar-refractivity contribution in [3.8, 4) is 0 Å². The van der Waals surface area contributed by atoms with Gasteiger partial charge >= 0.3 is 0 Å². The summed E-state index contributed by atoms with van der Waals surface area (Å²) in [5.41, 5.74) is 0.640. The standard InChI is InChI=1S/C20H28BrN3O2/c1-2-11-23-13-9-17(10-14-23)22-19(25)18-4-3-12-24(18)20(26)15-5-7-16(21)8-6-15/h5-8,17-18H,2-4,9-14H2,1H3,(H,22,25). The largest absolute Gasteiger partial charge is 0.351 e. The number of carbonyl (C=O) groups excluding carboxylic acids is 2. The maximum Gasteiger partial charge on any atom is 0.254 e. The number of hydrogen-bond donors (Lipinski definition) is 1. The molecule has 1 aromatic rings. The van der Waals surface area contributed by atoms with E-state index >= 15 is 0 Å². The van der Waals surface area contributed by atoms with Crippen molar-refractivity contribution in [3.05, 3.63) is 34.3 Å². The minimum atomic E-state index is -0.334. The van der Waals surface area contributed by atoms with Gasteiger partial charge in [0.15, 0.2) is 0 Å². The molecule has 0 aromatic heterocycles. The van der Waals surface area contributed by atoms with E-state index in [4.69, 9.17) is 0 Å². The Morgan fingerprint density at radius 3 is 2.46 bits per heavy atom. The number of likely N-dealkylation sites (tertiary alicyclic amines) is 2. The van der Waals surface area contributed by atoms with Gasteiger partial charge in [-0.2, -0.15) is 0 Å². The van der Waals surface area contributed by atoms with Crippen molar-refractivity contribution in [2.24, 2.45) is 0 Å². The van der Waals surface area contributed by atoms with Crippen LogP contribution in [0.15, 0.2) is 28.7 Å². The highest BCUT2D eigenvalue weighted by molar-refractivity contribution is 9.10. The zero-order valence-corrected chi connectivity index (χ0v) is 17.0. The molecule has 2 amide bonds. The van der Waals surface area contributed by atoms with Gasteiger partial charge in [0, 0.05) is 35.7 Å². The molecule has 0 aliphatic carbocycles. The zero-order valence-electron chi connectivity index (χ0n) is 15.4. The summed E-state index contributed by atoms with van der Waals surface area (Å²) in [6.45, 7) is 6.08. The summed E-state index contributed by atoms with van der Waals surface area (Å²) in [5, 5.41) is 3.20. The molecule has 1 atom stereocenters. The fourth-order valence-corrected chi connectivity index (χ4v) is 4.22. The topological polar surface area (TPSA) is 52.7 Å². The monoisotopic (exact) mass is 421 g/mol. The fraction of sp³-hybridized carbons (Fsp3) is 0.600. The summed E-state index contributed by atoms with van der Waals surface area (Å²) < 4.78 is 0.944. The smallest absolute Gasteiger partial charge is 0.254 e. The Kier molecular flexibility index (Phi) is 6.70. The van der Waals surface area contributed by atoms with E-state index in [1.165, 1.54) is 6.42 Å². The van der Waals surface area contributed by atoms with Gasteiger partial charge in [0.25, 0.3) is 5.91 Å². The Morgan fingerprint density at radius 2 is 1.81 bits per heavy atom. The van der Waals surface area contributed by atoms with E-state index in [0.29, 0.717) is 12.1 Å². The van der Waals surface area contributed by atoms with Gasteiger partial charge in [-0.25, -0.2) is 0 Å². The van der Waals surface area contributed by atoms with Gasteiger partial charge in [0.1, 0.15) is 6.04 Å². The summed E-state index contributed by atoms with van der Waals surface area (Å²) in [6.07, 6.45) is 4.81. The molecule has 2 saturated heterocycles. The second kappa shape index (κ2) is 9.00. The number of piperidine rings is 1. The molecule has 1 unspecified atom stereocenters. The van der Waals surface area contributed by atoms with Crippen molar-refractivity contribution in [1.29, 1.82) is 0 Å². The van der Waals surface area contributed by atoms with E-state index in [1.807, 2.05) is 24.3 Å². The third kappa shape index (κ3) is 4.65. The minimum absolute atomic E-state index is 0.0157. The molecule has 2 aliphatic rings. The average Bonchev–Trinajstić information content (AvgIpc) is 3.13. The van der Waals surface area contributed by atoms with Gasteiger partial charge in [-0.3, -0.25) is 9.59 Å². The molecule has 2 heterocycles. The number of amides is 2. The van der Waals surface area contributed by atoms with Gasteiger partial charge in [-0.1, -0.05) is 22.9 Å². The zero-order chi connectivity index (χ0) is 18.5. The van der Waals surface area contributed by atoms with Crippen LogP contribution in [0.3, 0.4) is 0 Å². The summed E-state index contributed by atoms with van der Waals surface area (Å²) in [5.74, 6) is -0.0326. The summed E-state index contributed by atoms with van der Waals surface area (Å²) in [6, 6.07) is 7.25. The molecule has 0 spiro atoms. The van der Waals surface area contributed by atoms with Crippen LogP contribution < -0.4 is 5.32 Å². The minimum Gasteiger partial charge on any atom is -0.351 e. The summed E-state index contributed by atoms with van der Waals surface area (Å²) in [4.78, 5) is 29.8. The van der Waals surface area contributed by atoms with Gasteiger partial charge in [-0.05, 0) is 62.9 Å². The van der Waals surface area contributed by atoms with E-state index in [0.717, 1.165) is 49.8 Å². The lowest BCUT2D eigenvalue weighted by molar-refractivity contribution is -0.125. The lowest BCUT2D eigenvalue weighted by Crippen LogP contribution is -2.51. The SMILES string of the molecule is CCCN1CCC(NC(=O)C2CCCN2C(=O)c2ccc(Br)cc2)CC1. The van der Waals surface area contributed by atoms with Crippen LogP contribution in [0.25, 0.3) is 0 Å². The maximum absolute atomic E-state index is 12.8. The predicted octanol–water partition coefficient (Wildman–Crippen LogP) is 3.04. The summed E-state index contributed by atoms with van der Waals surface area (Å²) >= 11 is 3.39. The lowest BCUT2D eigenvalue weighted by atomic mass is 10.0. The number of halogens is 1. The molecular formula is C20H28BrN3O2. The van der Waals surface area contributed by atoms with Crippen LogP contribution in [-0.2, 0) is 4.79 Å². The van der Waals surface area contributed by atoms with E-state index in [1.54, 1.807) is 4.90 Å². The molecule has 2 fully saturated rings. The average molecular weight is 422 g/mol. The molecule has 0 radical (unpaired) electrons. The van der Waals surface area contributed by atoms with E-state index < -0.39 is 0 Å². The van der Waals surface area contributed by atoms with E-state index in [9.17, 15) is 9.59 Å². The molecule has 26 heavy (non-hydrogen) atoms. The molecule has 6 heteroatoms. The molecule has 0 bridgehead atoms. The first-order chi connectivity index (χ1) is 12.6. The Labute approximate surface area is 164 Å². The van der Waals surface area contributed by atoms with E-state index in [2.05, 4.69) is 33.1 Å².